The number of anilines is 6. The van der Waals surface area contributed by atoms with Gasteiger partial charge >= 0.3 is 0 Å². The number of hydrogen-bond donors (Lipinski definition) is 0. The predicted molar refractivity (Wildman–Crippen MR) is 271 cm³/mol. The van der Waals surface area contributed by atoms with Crippen molar-refractivity contribution in [3.8, 4) is 11.1 Å². The Morgan fingerprint density at radius 2 is 0.683 bits per heavy atom. The van der Waals surface area contributed by atoms with Crippen LogP contribution in [0.1, 0.15) is 0 Å². The van der Waals surface area contributed by atoms with Crippen LogP contribution in [0.15, 0.2) is 224 Å². The molecule has 2 aliphatic rings. The van der Waals surface area contributed by atoms with E-state index in [1.807, 2.05) is 0 Å². The van der Waals surface area contributed by atoms with Crippen LogP contribution in [-0.2, 0) is 0 Å². The van der Waals surface area contributed by atoms with E-state index in [0.29, 0.717) is 0 Å². The molecule has 0 amide bonds. The van der Waals surface area contributed by atoms with Crippen LogP contribution in [0.3, 0.4) is 0 Å². The molecule has 2 heterocycles. The van der Waals surface area contributed by atoms with Crippen LogP contribution in [0.25, 0.3) is 75.8 Å². The molecule has 0 spiro atoms. The number of rotatable bonds is 3. The van der Waals surface area contributed by atoms with E-state index in [1.54, 1.807) is 0 Å². The Labute approximate surface area is 365 Å². The zero-order valence-corrected chi connectivity index (χ0v) is 34.3. The molecule has 0 saturated heterocycles. The molecule has 290 valence electrons. The summed E-state index contributed by atoms with van der Waals surface area (Å²) in [6.07, 6.45) is 0. The Morgan fingerprint density at radius 3 is 1.22 bits per heavy atom. The first-order chi connectivity index (χ1) is 31.2. The molecule has 2 aliphatic heterocycles. The van der Waals surface area contributed by atoms with Gasteiger partial charge in [0.2, 0.25) is 0 Å². The quantitative estimate of drug-likeness (QED) is 0.0998. The molecule has 0 atom stereocenters. The highest BCUT2D eigenvalue weighted by Gasteiger charge is 2.44. The van der Waals surface area contributed by atoms with E-state index in [2.05, 4.69) is 234 Å². The number of para-hydroxylation sites is 2. The van der Waals surface area contributed by atoms with Crippen LogP contribution < -0.4 is 26.2 Å². The maximum Gasteiger partial charge on any atom is 0.252 e. The fraction of sp³-hybridized carbons (Fsp3) is 0. The molecule has 0 saturated carbocycles. The van der Waals surface area contributed by atoms with Crippen molar-refractivity contribution >= 4 is 122 Å². The third kappa shape index (κ3) is 5.14. The standard InChI is InChI=1S/C60H37BN2/c1-3-17-48(18-4-1)62-56-32-44-27-23-38-13-9-11-21-50(38)52(44)36-54(56)61-55-37-53-45(28-24-39-14-10-12-22-51(39)53)33-57(55)63(49-19-5-2-6-20-49)59-35-47(34-58(62)60(59)61)43-26-25-42-29-40-15-7-8-16-41(40)30-46(42)31-43/h1-37H. The average molecular weight is 797 g/mol. The molecule has 0 bridgehead atoms. The summed E-state index contributed by atoms with van der Waals surface area (Å²) in [5.41, 5.74) is 13.4. The first-order valence-corrected chi connectivity index (χ1v) is 21.9. The van der Waals surface area contributed by atoms with Crippen LogP contribution in [-0.4, -0.2) is 6.71 Å². The Bertz CT molecular complexity index is 3690. The lowest BCUT2D eigenvalue weighted by atomic mass is 9.33. The smallest absolute Gasteiger partial charge is 0.252 e. The van der Waals surface area contributed by atoms with Gasteiger partial charge < -0.3 is 9.80 Å². The number of nitrogens with zero attached hydrogens (tertiary/aromatic N) is 2. The first kappa shape index (κ1) is 34.6. The number of hydrogen-bond acceptors (Lipinski definition) is 2. The predicted octanol–water partition coefficient (Wildman–Crippen LogP) is 14.4. The number of fused-ring (bicyclic) bond motifs is 12. The van der Waals surface area contributed by atoms with E-state index >= 15 is 0 Å². The lowest BCUT2D eigenvalue weighted by Gasteiger charge is -2.44. The SMILES string of the molecule is c1ccc(N2c3cc4ccc5ccccc5c4cc3B3c4cc5c(ccc6ccccc65)cc4N(c4ccccc4)c4cc(-c5ccc6cc7ccccc7cc6c5)cc2c43)cc1. The third-order valence-corrected chi connectivity index (χ3v) is 13.9. The van der Waals surface area contributed by atoms with E-state index in [1.165, 1.54) is 115 Å². The summed E-state index contributed by atoms with van der Waals surface area (Å²) in [7, 11) is 0. The van der Waals surface area contributed by atoms with Crippen LogP contribution >= 0.6 is 0 Å². The van der Waals surface area contributed by atoms with Gasteiger partial charge in [0.1, 0.15) is 0 Å². The second-order valence-corrected chi connectivity index (χ2v) is 17.3. The van der Waals surface area contributed by atoms with Crippen LogP contribution in [0.4, 0.5) is 34.1 Å². The van der Waals surface area contributed by atoms with Gasteiger partial charge in [-0.15, -0.1) is 0 Å². The molecule has 0 N–H and O–H groups in total. The molecule has 0 aromatic heterocycles. The summed E-state index contributed by atoms with van der Waals surface area (Å²) in [6.45, 7) is -0.0383. The summed E-state index contributed by atoms with van der Waals surface area (Å²) in [5, 5.41) is 15.1. The monoisotopic (exact) mass is 796 g/mol. The third-order valence-electron chi connectivity index (χ3n) is 13.9. The lowest BCUT2D eigenvalue weighted by molar-refractivity contribution is 1.26. The van der Waals surface area contributed by atoms with Crippen molar-refractivity contribution < 1.29 is 0 Å². The Hall–Kier alpha value is -8.14. The summed E-state index contributed by atoms with van der Waals surface area (Å²) >= 11 is 0. The van der Waals surface area contributed by atoms with Gasteiger partial charge in [0.15, 0.2) is 0 Å². The fourth-order valence-electron chi connectivity index (χ4n) is 11.0. The molecule has 14 rings (SSSR count). The fourth-order valence-corrected chi connectivity index (χ4v) is 11.0. The molecule has 63 heavy (non-hydrogen) atoms. The van der Waals surface area contributed by atoms with Gasteiger partial charge in [-0.2, -0.15) is 0 Å². The largest absolute Gasteiger partial charge is 0.311 e. The molecule has 3 heteroatoms. The molecular weight excluding hydrogens is 759 g/mol. The molecule has 0 radical (unpaired) electrons. The molecule has 0 fully saturated rings. The molecule has 12 aromatic carbocycles. The second kappa shape index (κ2) is 13.2. The van der Waals surface area contributed by atoms with Crippen molar-refractivity contribution in [3.63, 3.8) is 0 Å². The van der Waals surface area contributed by atoms with E-state index in [-0.39, 0.29) is 6.71 Å². The van der Waals surface area contributed by atoms with Gasteiger partial charge in [0.25, 0.3) is 6.71 Å². The lowest BCUT2D eigenvalue weighted by Crippen LogP contribution is -2.61. The van der Waals surface area contributed by atoms with Crippen molar-refractivity contribution in [1.82, 2.24) is 0 Å². The zero-order chi connectivity index (χ0) is 41.2. The Balaban J connectivity index is 1.13. The molecular formula is C60H37BN2. The Kier molecular flexibility index (Phi) is 7.23. The van der Waals surface area contributed by atoms with Gasteiger partial charge in [0, 0.05) is 34.1 Å². The summed E-state index contributed by atoms with van der Waals surface area (Å²) in [6, 6.07) is 84.1. The van der Waals surface area contributed by atoms with Gasteiger partial charge in [-0.1, -0.05) is 158 Å². The average Bonchev–Trinajstić information content (AvgIpc) is 3.34. The summed E-state index contributed by atoms with van der Waals surface area (Å²) < 4.78 is 0. The first-order valence-electron chi connectivity index (χ1n) is 21.9. The van der Waals surface area contributed by atoms with Gasteiger partial charge in [0.05, 0.1) is 0 Å². The van der Waals surface area contributed by atoms with E-state index in [4.69, 9.17) is 0 Å². The summed E-state index contributed by atoms with van der Waals surface area (Å²) in [5.74, 6) is 0. The molecule has 0 aliphatic carbocycles. The highest BCUT2D eigenvalue weighted by Crippen LogP contribution is 2.48. The van der Waals surface area contributed by atoms with E-state index < -0.39 is 0 Å². The van der Waals surface area contributed by atoms with Crippen molar-refractivity contribution in [2.75, 3.05) is 9.80 Å². The van der Waals surface area contributed by atoms with Crippen LogP contribution in [0.5, 0.6) is 0 Å². The highest BCUT2D eigenvalue weighted by molar-refractivity contribution is 7.00. The topological polar surface area (TPSA) is 6.48 Å². The van der Waals surface area contributed by atoms with Crippen LogP contribution in [0.2, 0.25) is 0 Å². The van der Waals surface area contributed by atoms with Crippen molar-refractivity contribution in [2.24, 2.45) is 0 Å². The maximum atomic E-state index is 2.54. The highest BCUT2D eigenvalue weighted by atomic mass is 15.2. The van der Waals surface area contributed by atoms with Crippen molar-refractivity contribution in [1.29, 1.82) is 0 Å². The van der Waals surface area contributed by atoms with Gasteiger partial charge in [-0.3, -0.25) is 0 Å². The minimum absolute atomic E-state index is 0.0383. The molecule has 12 aromatic rings. The van der Waals surface area contributed by atoms with Gasteiger partial charge in [-0.25, -0.2) is 0 Å². The van der Waals surface area contributed by atoms with Crippen LogP contribution in [0, 0.1) is 0 Å². The number of benzene rings is 12. The van der Waals surface area contributed by atoms with Crippen molar-refractivity contribution in [3.05, 3.63) is 224 Å². The van der Waals surface area contributed by atoms with Gasteiger partial charge in [-0.05, 0) is 159 Å². The van der Waals surface area contributed by atoms with E-state index in [9.17, 15) is 0 Å². The molecule has 2 nitrogen and oxygen atoms in total. The minimum Gasteiger partial charge on any atom is -0.311 e. The Morgan fingerprint density at radius 1 is 0.254 bits per heavy atom. The van der Waals surface area contributed by atoms with E-state index in [0.717, 1.165) is 11.4 Å². The normalized spacial score (nSPS) is 13.0. The summed E-state index contributed by atoms with van der Waals surface area (Å²) in [4.78, 5) is 5.09. The molecule has 0 unspecified atom stereocenters. The van der Waals surface area contributed by atoms with Crippen molar-refractivity contribution in [2.45, 2.75) is 0 Å². The second-order valence-electron chi connectivity index (χ2n) is 17.3. The maximum absolute atomic E-state index is 2.54. The zero-order valence-electron chi connectivity index (χ0n) is 34.3. The minimum atomic E-state index is -0.0383.